The van der Waals surface area contributed by atoms with Crippen LogP contribution in [-0.2, 0) is 24.3 Å². The smallest absolute Gasteiger partial charge is 0.0506 e. The Hall–Kier alpha value is -1.71. The van der Waals surface area contributed by atoms with Gasteiger partial charge in [-0.3, -0.25) is 4.98 Å². The summed E-state index contributed by atoms with van der Waals surface area (Å²) in [5.41, 5.74) is 5.22. The second-order valence-electron chi connectivity index (χ2n) is 6.20. The van der Waals surface area contributed by atoms with Crippen molar-refractivity contribution >= 4 is 23.5 Å². The number of benzene rings is 2. The van der Waals surface area contributed by atoms with E-state index in [2.05, 4.69) is 78.9 Å². The highest BCUT2D eigenvalue weighted by Gasteiger charge is 2.01. The fraction of sp³-hybridized carbons (Fsp3) is 0.261. The molecule has 0 aliphatic rings. The first kappa shape index (κ1) is 19.1. The van der Waals surface area contributed by atoms with Crippen molar-refractivity contribution in [3.63, 3.8) is 0 Å². The third kappa shape index (κ3) is 6.89. The molecule has 0 fully saturated rings. The van der Waals surface area contributed by atoms with Crippen molar-refractivity contribution in [2.45, 2.75) is 24.3 Å². The van der Waals surface area contributed by atoms with E-state index in [1.807, 2.05) is 23.5 Å². The number of pyridine rings is 1. The minimum Gasteiger partial charge on any atom is -0.256 e. The maximum Gasteiger partial charge on any atom is 0.0506 e. The van der Waals surface area contributed by atoms with E-state index in [4.69, 9.17) is 4.98 Å². The van der Waals surface area contributed by atoms with Gasteiger partial charge < -0.3 is 0 Å². The van der Waals surface area contributed by atoms with Gasteiger partial charge in [-0.15, -0.1) is 0 Å². The number of thioether (sulfide) groups is 2. The lowest BCUT2D eigenvalue weighted by Crippen LogP contribution is -1.95. The predicted octanol–water partition coefficient (Wildman–Crippen LogP) is 6.03. The SMILES string of the molecule is c1ccc(CCSCc2cccc(CSCCc3ccccc3)n2)cc1. The lowest BCUT2D eigenvalue weighted by Gasteiger charge is -2.06. The van der Waals surface area contributed by atoms with Gasteiger partial charge in [-0.1, -0.05) is 66.7 Å². The van der Waals surface area contributed by atoms with Gasteiger partial charge in [0.15, 0.2) is 0 Å². The molecule has 0 unspecified atom stereocenters. The second-order valence-corrected chi connectivity index (χ2v) is 8.41. The predicted molar refractivity (Wildman–Crippen MR) is 117 cm³/mol. The molecule has 1 heterocycles. The van der Waals surface area contributed by atoms with Crippen molar-refractivity contribution in [1.29, 1.82) is 0 Å². The highest BCUT2D eigenvalue weighted by Crippen LogP contribution is 2.16. The van der Waals surface area contributed by atoms with Crippen LogP contribution in [0.5, 0.6) is 0 Å². The molecular weight excluding hydrogens is 354 g/mol. The molecule has 0 saturated heterocycles. The minimum absolute atomic E-state index is 0.995. The van der Waals surface area contributed by atoms with E-state index in [1.165, 1.54) is 22.5 Å². The second kappa shape index (κ2) is 11.1. The summed E-state index contributed by atoms with van der Waals surface area (Å²) in [6, 6.07) is 27.8. The van der Waals surface area contributed by atoms with Crippen LogP contribution in [0.25, 0.3) is 0 Å². The van der Waals surface area contributed by atoms with Crippen molar-refractivity contribution < 1.29 is 0 Å². The Labute approximate surface area is 165 Å². The average Bonchev–Trinajstić information content (AvgIpc) is 2.71. The highest BCUT2D eigenvalue weighted by molar-refractivity contribution is 7.98. The molecule has 0 radical (unpaired) electrons. The molecule has 0 bridgehead atoms. The average molecular weight is 380 g/mol. The molecule has 1 aromatic heterocycles. The topological polar surface area (TPSA) is 12.9 Å². The standard InChI is InChI=1S/C23H25NS2/c1-3-8-20(9-4-1)14-16-25-18-22-12-7-13-23(24-22)19-26-17-15-21-10-5-2-6-11-21/h1-13H,14-19H2. The Bertz CT molecular complexity index is 697. The van der Waals surface area contributed by atoms with Gasteiger partial charge in [0.1, 0.15) is 0 Å². The van der Waals surface area contributed by atoms with Gasteiger partial charge in [0.25, 0.3) is 0 Å². The number of aromatic nitrogens is 1. The van der Waals surface area contributed by atoms with Crippen LogP contribution in [0.2, 0.25) is 0 Å². The normalized spacial score (nSPS) is 10.8. The van der Waals surface area contributed by atoms with E-state index in [1.54, 1.807) is 0 Å². The van der Waals surface area contributed by atoms with Crippen molar-refractivity contribution in [2.75, 3.05) is 11.5 Å². The fourth-order valence-corrected chi connectivity index (χ4v) is 4.50. The lowest BCUT2D eigenvalue weighted by molar-refractivity contribution is 1.08. The summed E-state index contributed by atoms with van der Waals surface area (Å²) in [4.78, 5) is 4.82. The molecule has 1 nitrogen and oxygen atoms in total. The van der Waals surface area contributed by atoms with Gasteiger partial charge in [-0.05, 0) is 47.6 Å². The van der Waals surface area contributed by atoms with Crippen LogP contribution in [0.4, 0.5) is 0 Å². The maximum atomic E-state index is 4.82. The molecule has 2 aromatic carbocycles. The molecule has 0 N–H and O–H groups in total. The van der Waals surface area contributed by atoms with E-state index in [0.717, 1.165) is 35.9 Å². The Morgan fingerprint density at radius 2 is 1.00 bits per heavy atom. The molecular formula is C23H25NS2. The third-order valence-corrected chi connectivity index (χ3v) is 6.11. The molecule has 3 rings (SSSR count). The third-order valence-electron chi connectivity index (χ3n) is 4.12. The molecule has 0 aliphatic carbocycles. The van der Waals surface area contributed by atoms with Crippen LogP contribution in [0, 0.1) is 0 Å². The van der Waals surface area contributed by atoms with E-state index >= 15 is 0 Å². The number of rotatable bonds is 10. The number of nitrogens with zero attached hydrogens (tertiary/aromatic N) is 1. The van der Waals surface area contributed by atoms with Crippen molar-refractivity contribution in [3.8, 4) is 0 Å². The van der Waals surface area contributed by atoms with Gasteiger partial charge in [0, 0.05) is 11.5 Å². The van der Waals surface area contributed by atoms with E-state index in [-0.39, 0.29) is 0 Å². The largest absolute Gasteiger partial charge is 0.256 e. The summed E-state index contributed by atoms with van der Waals surface area (Å²) >= 11 is 3.93. The Morgan fingerprint density at radius 3 is 1.46 bits per heavy atom. The molecule has 3 aromatic rings. The van der Waals surface area contributed by atoms with Gasteiger partial charge in [-0.2, -0.15) is 23.5 Å². The van der Waals surface area contributed by atoms with E-state index in [9.17, 15) is 0 Å². The summed E-state index contributed by atoms with van der Waals surface area (Å²) < 4.78 is 0. The summed E-state index contributed by atoms with van der Waals surface area (Å²) in [6.07, 6.45) is 2.25. The molecule has 0 spiro atoms. The molecule has 0 aliphatic heterocycles. The van der Waals surface area contributed by atoms with Crippen LogP contribution in [0.15, 0.2) is 78.9 Å². The minimum atomic E-state index is 0.995. The Balaban J connectivity index is 1.36. The molecule has 0 atom stereocenters. The first-order valence-electron chi connectivity index (χ1n) is 9.08. The zero-order chi connectivity index (χ0) is 17.9. The molecule has 0 amide bonds. The summed E-state index contributed by atoms with van der Waals surface area (Å²) in [5.74, 6) is 4.27. The molecule has 26 heavy (non-hydrogen) atoms. The van der Waals surface area contributed by atoms with Crippen LogP contribution in [0.1, 0.15) is 22.5 Å². The monoisotopic (exact) mass is 379 g/mol. The first-order chi connectivity index (χ1) is 12.9. The van der Waals surface area contributed by atoms with Crippen LogP contribution in [0.3, 0.4) is 0 Å². The summed E-state index contributed by atoms with van der Waals surface area (Å²) in [6.45, 7) is 0. The van der Waals surface area contributed by atoms with Crippen LogP contribution < -0.4 is 0 Å². The number of hydrogen-bond acceptors (Lipinski definition) is 3. The van der Waals surface area contributed by atoms with Crippen molar-refractivity contribution in [2.24, 2.45) is 0 Å². The van der Waals surface area contributed by atoms with Crippen molar-refractivity contribution in [1.82, 2.24) is 4.98 Å². The quantitative estimate of drug-likeness (QED) is 0.399. The number of hydrogen-bond donors (Lipinski definition) is 0. The number of aryl methyl sites for hydroxylation is 2. The first-order valence-corrected chi connectivity index (χ1v) is 11.4. The van der Waals surface area contributed by atoms with E-state index in [0.29, 0.717) is 0 Å². The molecule has 134 valence electrons. The van der Waals surface area contributed by atoms with Crippen LogP contribution in [-0.4, -0.2) is 16.5 Å². The van der Waals surface area contributed by atoms with Gasteiger partial charge in [-0.25, -0.2) is 0 Å². The zero-order valence-electron chi connectivity index (χ0n) is 15.0. The Kier molecular flexibility index (Phi) is 8.14. The molecule has 0 saturated carbocycles. The Morgan fingerprint density at radius 1 is 0.538 bits per heavy atom. The summed E-state index contributed by atoms with van der Waals surface area (Å²) in [7, 11) is 0. The maximum absolute atomic E-state index is 4.82. The van der Waals surface area contributed by atoms with Crippen LogP contribution >= 0.6 is 23.5 Å². The highest BCUT2D eigenvalue weighted by atomic mass is 32.2. The van der Waals surface area contributed by atoms with Gasteiger partial charge >= 0.3 is 0 Å². The van der Waals surface area contributed by atoms with Gasteiger partial charge in [0.2, 0.25) is 0 Å². The van der Waals surface area contributed by atoms with E-state index < -0.39 is 0 Å². The zero-order valence-corrected chi connectivity index (χ0v) is 16.6. The fourth-order valence-electron chi connectivity index (χ4n) is 2.71. The van der Waals surface area contributed by atoms with Gasteiger partial charge in [0.05, 0.1) is 11.4 Å². The summed E-state index contributed by atoms with van der Waals surface area (Å²) in [5, 5.41) is 0. The lowest BCUT2D eigenvalue weighted by atomic mass is 10.2. The molecule has 3 heteroatoms. The van der Waals surface area contributed by atoms with Crippen molar-refractivity contribution in [3.05, 3.63) is 101 Å².